The van der Waals surface area contributed by atoms with Gasteiger partial charge in [0.1, 0.15) is 5.71 Å². The van der Waals surface area contributed by atoms with Gasteiger partial charge in [0.15, 0.2) is 0 Å². The summed E-state index contributed by atoms with van der Waals surface area (Å²) in [4.78, 5) is 41.7. The van der Waals surface area contributed by atoms with Crippen molar-refractivity contribution in [2.24, 2.45) is 9.98 Å². The van der Waals surface area contributed by atoms with Crippen LogP contribution in [0.3, 0.4) is 0 Å². The van der Waals surface area contributed by atoms with E-state index in [1.165, 1.54) is 0 Å². The predicted octanol–water partition coefficient (Wildman–Crippen LogP) is -0.103. The predicted molar refractivity (Wildman–Crippen MR) is 77.0 cm³/mol. The molecule has 0 aromatic heterocycles. The molecule has 2 N–H and O–H groups in total. The van der Waals surface area contributed by atoms with Gasteiger partial charge < -0.3 is 9.47 Å². The van der Waals surface area contributed by atoms with Crippen LogP contribution < -0.4 is 10.6 Å². The second-order valence-electron chi connectivity index (χ2n) is 3.59. The summed E-state index contributed by atoms with van der Waals surface area (Å²) < 4.78 is 9.36. The average Bonchev–Trinajstić information content (AvgIpc) is 2.38. The fourth-order valence-corrected chi connectivity index (χ4v) is 1.45. The lowest BCUT2D eigenvalue weighted by atomic mass is 10.2. The molecule has 0 unspecified atom stereocenters. The van der Waals surface area contributed by atoms with Gasteiger partial charge in [0, 0.05) is 0 Å². The number of thiocarbonyl (C=S) groups is 1. The molecule has 0 aromatic rings. The van der Waals surface area contributed by atoms with E-state index in [1.807, 2.05) is 0 Å². The standard InChI is InChI=1S/C11H14N4O5S/c1-3-19-8(17)6-5-7(16)13-9(12-6)14-10(21)15-11(18)20-4-2/h3-5H2,1-2H3,(H2,13,14,15,16,18,21). The average molecular weight is 314 g/mol. The van der Waals surface area contributed by atoms with Gasteiger partial charge in [-0.3, -0.25) is 15.4 Å². The summed E-state index contributed by atoms with van der Waals surface area (Å²) >= 11 is 4.78. The van der Waals surface area contributed by atoms with Crippen molar-refractivity contribution in [2.45, 2.75) is 20.3 Å². The molecule has 1 aliphatic heterocycles. The lowest BCUT2D eigenvalue weighted by Gasteiger charge is -2.13. The number of hydrogen-bond acceptors (Lipinski definition) is 6. The molecule has 0 saturated carbocycles. The summed E-state index contributed by atoms with van der Waals surface area (Å²) in [6, 6.07) is 0. The topological polar surface area (TPSA) is 118 Å². The number of nitrogens with zero attached hydrogens (tertiary/aromatic N) is 2. The van der Waals surface area contributed by atoms with Crippen molar-refractivity contribution < 1.29 is 23.9 Å². The van der Waals surface area contributed by atoms with Gasteiger partial charge in [0.05, 0.1) is 19.6 Å². The van der Waals surface area contributed by atoms with Gasteiger partial charge in [-0.15, -0.1) is 0 Å². The minimum atomic E-state index is -0.774. The Morgan fingerprint density at radius 2 is 2.05 bits per heavy atom. The van der Waals surface area contributed by atoms with Crippen LogP contribution in [0.15, 0.2) is 9.98 Å². The molecular weight excluding hydrogens is 300 g/mol. The van der Waals surface area contributed by atoms with E-state index < -0.39 is 18.0 Å². The monoisotopic (exact) mass is 314 g/mol. The number of carbonyl (C=O) groups excluding carboxylic acids is 3. The SMILES string of the molecule is CCOC(=O)NC(=S)N=C1N=C(C(=O)OCC)CC(=O)N1. The Labute approximate surface area is 125 Å². The van der Waals surface area contributed by atoms with Crippen molar-refractivity contribution in [3.05, 3.63) is 0 Å². The lowest BCUT2D eigenvalue weighted by Crippen LogP contribution is -2.40. The Balaban J connectivity index is 2.80. The van der Waals surface area contributed by atoms with Gasteiger partial charge >= 0.3 is 12.1 Å². The molecule has 0 aliphatic carbocycles. The van der Waals surface area contributed by atoms with Gasteiger partial charge in [-0.05, 0) is 26.1 Å². The van der Waals surface area contributed by atoms with Crippen LogP contribution in [0.5, 0.6) is 0 Å². The molecular formula is C11H14N4O5S. The third kappa shape index (κ3) is 5.65. The van der Waals surface area contributed by atoms with Crippen LogP contribution in [0, 0.1) is 0 Å². The first-order valence-electron chi connectivity index (χ1n) is 6.07. The maximum absolute atomic E-state index is 11.5. The van der Waals surface area contributed by atoms with Gasteiger partial charge in [0.25, 0.3) is 0 Å². The molecule has 0 spiro atoms. The van der Waals surface area contributed by atoms with Crippen LogP contribution in [-0.2, 0) is 19.1 Å². The van der Waals surface area contributed by atoms with Crippen molar-refractivity contribution in [2.75, 3.05) is 13.2 Å². The number of carbonyl (C=O) groups is 3. The molecule has 0 aromatic carbocycles. The number of guanidine groups is 1. The Kier molecular flexibility index (Phi) is 6.40. The third-order valence-corrected chi connectivity index (χ3v) is 2.22. The van der Waals surface area contributed by atoms with Crippen molar-refractivity contribution >= 4 is 47.0 Å². The zero-order valence-corrected chi connectivity index (χ0v) is 12.3. The van der Waals surface area contributed by atoms with Crippen molar-refractivity contribution in [3.8, 4) is 0 Å². The van der Waals surface area contributed by atoms with Crippen LogP contribution in [0.25, 0.3) is 0 Å². The molecule has 114 valence electrons. The quantitative estimate of drug-likeness (QED) is 0.554. The van der Waals surface area contributed by atoms with E-state index in [0.29, 0.717) is 0 Å². The van der Waals surface area contributed by atoms with E-state index in [0.717, 1.165) is 0 Å². The third-order valence-electron chi connectivity index (χ3n) is 2.02. The molecule has 2 amide bonds. The van der Waals surface area contributed by atoms with Crippen LogP contribution in [0.1, 0.15) is 20.3 Å². The fraction of sp³-hybridized carbons (Fsp3) is 0.455. The minimum Gasteiger partial charge on any atom is -0.461 e. The molecule has 9 nitrogen and oxygen atoms in total. The number of alkyl carbamates (subject to hydrolysis) is 1. The Bertz CT molecular complexity index is 529. The van der Waals surface area contributed by atoms with Crippen molar-refractivity contribution in [3.63, 3.8) is 0 Å². The second kappa shape index (κ2) is 8.04. The van der Waals surface area contributed by atoms with Gasteiger partial charge in [0.2, 0.25) is 17.0 Å². The Morgan fingerprint density at radius 1 is 1.38 bits per heavy atom. The zero-order chi connectivity index (χ0) is 15.8. The number of amides is 2. The zero-order valence-electron chi connectivity index (χ0n) is 11.5. The first-order chi connectivity index (χ1) is 9.96. The summed E-state index contributed by atoms with van der Waals surface area (Å²) in [7, 11) is 0. The van der Waals surface area contributed by atoms with Crippen molar-refractivity contribution in [1.29, 1.82) is 0 Å². The summed E-state index contributed by atoms with van der Waals surface area (Å²) in [5.41, 5.74) is -0.0849. The molecule has 0 radical (unpaired) electrons. The van der Waals surface area contributed by atoms with Crippen LogP contribution in [-0.4, -0.2) is 48.0 Å². The van der Waals surface area contributed by atoms with Gasteiger partial charge in [-0.25, -0.2) is 14.6 Å². The molecule has 21 heavy (non-hydrogen) atoms. The summed E-state index contributed by atoms with van der Waals surface area (Å²) in [6.07, 6.45) is -0.987. The van der Waals surface area contributed by atoms with E-state index >= 15 is 0 Å². The molecule has 1 aliphatic rings. The first kappa shape index (κ1) is 16.7. The normalized spacial score (nSPS) is 15.8. The van der Waals surface area contributed by atoms with E-state index in [4.69, 9.17) is 17.0 Å². The summed E-state index contributed by atoms with van der Waals surface area (Å²) in [6.45, 7) is 3.60. The largest absolute Gasteiger partial charge is 0.461 e. The highest BCUT2D eigenvalue weighted by Gasteiger charge is 2.23. The highest BCUT2D eigenvalue weighted by atomic mass is 32.1. The number of aliphatic imine (C=N–C) groups is 2. The number of nitrogens with one attached hydrogen (secondary N) is 2. The molecule has 1 heterocycles. The van der Waals surface area contributed by atoms with Crippen LogP contribution in [0.4, 0.5) is 4.79 Å². The number of rotatable bonds is 3. The molecule has 1 rings (SSSR count). The van der Waals surface area contributed by atoms with E-state index in [1.54, 1.807) is 13.8 Å². The minimum absolute atomic E-state index is 0.0849. The fourth-order valence-electron chi connectivity index (χ4n) is 1.28. The maximum atomic E-state index is 11.5. The number of esters is 1. The highest BCUT2D eigenvalue weighted by molar-refractivity contribution is 7.80. The smallest absolute Gasteiger partial charge is 0.413 e. The second-order valence-corrected chi connectivity index (χ2v) is 3.98. The number of hydrogen-bond donors (Lipinski definition) is 2. The lowest BCUT2D eigenvalue weighted by molar-refractivity contribution is -0.135. The molecule has 0 fully saturated rings. The maximum Gasteiger partial charge on any atom is 0.413 e. The van der Waals surface area contributed by atoms with Gasteiger partial charge in [-0.2, -0.15) is 4.99 Å². The Morgan fingerprint density at radius 3 is 2.67 bits per heavy atom. The Hall–Kier alpha value is -2.36. The van der Waals surface area contributed by atoms with Crippen LogP contribution in [0.2, 0.25) is 0 Å². The number of ether oxygens (including phenoxy) is 2. The van der Waals surface area contributed by atoms with E-state index in [9.17, 15) is 14.4 Å². The summed E-state index contributed by atoms with van der Waals surface area (Å²) in [5.74, 6) is -1.38. The van der Waals surface area contributed by atoms with Crippen molar-refractivity contribution in [1.82, 2.24) is 10.6 Å². The van der Waals surface area contributed by atoms with Gasteiger partial charge in [-0.1, -0.05) is 0 Å². The molecule has 10 heteroatoms. The first-order valence-corrected chi connectivity index (χ1v) is 6.48. The highest BCUT2D eigenvalue weighted by Crippen LogP contribution is 2.00. The summed E-state index contributed by atoms with van der Waals surface area (Å²) in [5, 5.41) is 4.22. The molecule has 0 bridgehead atoms. The molecule has 0 saturated heterocycles. The molecule has 0 atom stereocenters. The van der Waals surface area contributed by atoms with E-state index in [2.05, 4.69) is 25.4 Å². The van der Waals surface area contributed by atoms with E-state index in [-0.39, 0.29) is 36.4 Å². The van der Waals surface area contributed by atoms with Crippen LogP contribution >= 0.6 is 12.2 Å².